The van der Waals surface area contributed by atoms with Crippen molar-refractivity contribution in [1.29, 1.82) is 0 Å². The minimum absolute atomic E-state index is 0.696. The summed E-state index contributed by atoms with van der Waals surface area (Å²) >= 11 is 0. The molecular formula is C11H26N2. The molecule has 0 aliphatic carbocycles. The van der Waals surface area contributed by atoms with E-state index < -0.39 is 0 Å². The molecule has 0 saturated heterocycles. The molecule has 0 aromatic rings. The molecule has 0 rings (SSSR count). The van der Waals surface area contributed by atoms with E-state index in [9.17, 15) is 0 Å². The van der Waals surface area contributed by atoms with Crippen LogP contribution in [-0.4, -0.2) is 38.1 Å². The minimum atomic E-state index is 0.696. The molecule has 0 aromatic carbocycles. The first-order valence-electron chi connectivity index (χ1n) is 5.46. The fraction of sp³-hybridized carbons (Fsp3) is 1.00. The summed E-state index contributed by atoms with van der Waals surface area (Å²) in [5.74, 6) is 0.821. The van der Waals surface area contributed by atoms with Gasteiger partial charge in [-0.25, -0.2) is 0 Å². The third kappa shape index (κ3) is 6.05. The van der Waals surface area contributed by atoms with Crippen LogP contribution < -0.4 is 5.32 Å². The predicted molar refractivity (Wildman–Crippen MR) is 60.1 cm³/mol. The summed E-state index contributed by atoms with van der Waals surface area (Å²) in [5, 5.41) is 3.19. The molecule has 13 heavy (non-hydrogen) atoms. The fourth-order valence-electron chi connectivity index (χ4n) is 1.37. The Labute approximate surface area is 83.7 Å². The number of nitrogens with zero attached hydrogens (tertiary/aromatic N) is 1. The van der Waals surface area contributed by atoms with Crippen LogP contribution in [0.3, 0.4) is 0 Å². The SMILES string of the molecule is CCC(C)CN(C)C(C)CCNC. The molecule has 0 aliphatic rings. The molecule has 0 spiro atoms. The van der Waals surface area contributed by atoms with Crippen LogP contribution >= 0.6 is 0 Å². The second-order valence-electron chi connectivity index (χ2n) is 4.19. The van der Waals surface area contributed by atoms with Gasteiger partial charge in [0.1, 0.15) is 0 Å². The van der Waals surface area contributed by atoms with E-state index in [4.69, 9.17) is 0 Å². The van der Waals surface area contributed by atoms with Crippen LogP contribution in [0.15, 0.2) is 0 Å². The minimum Gasteiger partial charge on any atom is -0.320 e. The van der Waals surface area contributed by atoms with E-state index in [2.05, 4.69) is 38.0 Å². The van der Waals surface area contributed by atoms with Gasteiger partial charge in [-0.1, -0.05) is 20.3 Å². The highest BCUT2D eigenvalue weighted by Gasteiger charge is 2.10. The van der Waals surface area contributed by atoms with Crippen molar-refractivity contribution in [2.45, 2.75) is 39.7 Å². The summed E-state index contributed by atoms with van der Waals surface area (Å²) in [6.45, 7) is 9.23. The zero-order valence-electron chi connectivity index (χ0n) is 9.93. The van der Waals surface area contributed by atoms with Crippen LogP contribution in [0.25, 0.3) is 0 Å². The third-order valence-electron chi connectivity index (χ3n) is 2.86. The van der Waals surface area contributed by atoms with Gasteiger partial charge in [-0.3, -0.25) is 0 Å². The molecule has 0 aliphatic heterocycles. The van der Waals surface area contributed by atoms with Crippen molar-refractivity contribution in [2.75, 3.05) is 27.2 Å². The first-order valence-corrected chi connectivity index (χ1v) is 5.46. The Kier molecular flexibility index (Phi) is 7.29. The highest BCUT2D eigenvalue weighted by molar-refractivity contribution is 4.66. The molecule has 2 unspecified atom stereocenters. The largest absolute Gasteiger partial charge is 0.320 e. The Bertz CT molecular complexity index is 115. The van der Waals surface area contributed by atoms with Crippen LogP contribution in [0.4, 0.5) is 0 Å². The molecule has 80 valence electrons. The molecule has 0 heterocycles. The average Bonchev–Trinajstić information content (AvgIpc) is 2.13. The second kappa shape index (κ2) is 7.34. The van der Waals surface area contributed by atoms with Gasteiger partial charge in [-0.2, -0.15) is 0 Å². The third-order valence-corrected chi connectivity index (χ3v) is 2.86. The van der Waals surface area contributed by atoms with E-state index in [0.717, 1.165) is 12.5 Å². The molecule has 2 heteroatoms. The lowest BCUT2D eigenvalue weighted by Crippen LogP contribution is -2.34. The fourth-order valence-corrected chi connectivity index (χ4v) is 1.37. The van der Waals surface area contributed by atoms with Crippen LogP contribution in [0, 0.1) is 5.92 Å². The number of hydrogen-bond donors (Lipinski definition) is 1. The number of nitrogens with one attached hydrogen (secondary N) is 1. The van der Waals surface area contributed by atoms with Gasteiger partial charge in [0.05, 0.1) is 0 Å². The van der Waals surface area contributed by atoms with Crippen LogP contribution in [0.2, 0.25) is 0 Å². The number of rotatable bonds is 7. The Morgan fingerprint density at radius 2 is 1.92 bits per heavy atom. The maximum atomic E-state index is 3.19. The maximum absolute atomic E-state index is 3.19. The van der Waals surface area contributed by atoms with Gasteiger partial charge in [-0.05, 0) is 39.9 Å². The first kappa shape index (κ1) is 12.9. The molecule has 2 nitrogen and oxygen atoms in total. The second-order valence-corrected chi connectivity index (χ2v) is 4.19. The van der Waals surface area contributed by atoms with Crippen LogP contribution in [0.1, 0.15) is 33.6 Å². The maximum Gasteiger partial charge on any atom is 0.00760 e. The van der Waals surface area contributed by atoms with E-state index >= 15 is 0 Å². The van der Waals surface area contributed by atoms with E-state index in [1.165, 1.54) is 19.4 Å². The quantitative estimate of drug-likeness (QED) is 0.654. The molecule has 2 atom stereocenters. The van der Waals surface area contributed by atoms with Crippen molar-refractivity contribution in [3.05, 3.63) is 0 Å². The topological polar surface area (TPSA) is 15.3 Å². The molecule has 0 aromatic heterocycles. The molecule has 0 fully saturated rings. The van der Waals surface area contributed by atoms with E-state index in [1.54, 1.807) is 0 Å². The molecule has 1 N–H and O–H groups in total. The standard InChI is InChI=1S/C11H26N2/c1-6-10(2)9-13(5)11(3)7-8-12-4/h10-12H,6-9H2,1-5H3. The summed E-state index contributed by atoms with van der Waals surface area (Å²) in [6, 6.07) is 0.696. The lowest BCUT2D eigenvalue weighted by molar-refractivity contribution is 0.213. The molecular weight excluding hydrogens is 160 g/mol. The summed E-state index contributed by atoms with van der Waals surface area (Å²) < 4.78 is 0. The zero-order valence-corrected chi connectivity index (χ0v) is 9.93. The lowest BCUT2D eigenvalue weighted by Gasteiger charge is -2.27. The monoisotopic (exact) mass is 186 g/mol. The van der Waals surface area contributed by atoms with Crippen molar-refractivity contribution < 1.29 is 0 Å². The molecule has 0 amide bonds. The Morgan fingerprint density at radius 1 is 1.31 bits per heavy atom. The van der Waals surface area contributed by atoms with Gasteiger partial charge in [0.15, 0.2) is 0 Å². The average molecular weight is 186 g/mol. The van der Waals surface area contributed by atoms with Crippen LogP contribution in [-0.2, 0) is 0 Å². The van der Waals surface area contributed by atoms with Gasteiger partial charge < -0.3 is 10.2 Å². The van der Waals surface area contributed by atoms with Gasteiger partial charge >= 0.3 is 0 Å². The zero-order chi connectivity index (χ0) is 10.3. The Balaban J connectivity index is 3.61. The van der Waals surface area contributed by atoms with Crippen LogP contribution in [0.5, 0.6) is 0 Å². The van der Waals surface area contributed by atoms with Crippen molar-refractivity contribution in [1.82, 2.24) is 10.2 Å². The lowest BCUT2D eigenvalue weighted by atomic mass is 10.1. The van der Waals surface area contributed by atoms with Gasteiger partial charge in [0.25, 0.3) is 0 Å². The highest BCUT2D eigenvalue weighted by Crippen LogP contribution is 2.07. The molecule has 0 bridgehead atoms. The van der Waals surface area contributed by atoms with Crippen molar-refractivity contribution in [2.24, 2.45) is 5.92 Å². The van der Waals surface area contributed by atoms with Crippen molar-refractivity contribution in [3.8, 4) is 0 Å². The summed E-state index contributed by atoms with van der Waals surface area (Å²) in [5.41, 5.74) is 0. The van der Waals surface area contributed by atoms with E-state index in [1.807, 2.05) is 7.05 Å². The molecule has 0 radical (unpaired) electrons. The Morgan fingerprint density at radius 3 is 2.38 bits per heavy atom. The van der Waals surface area contributed by atoms with E-state index in [0.29, 0.717) is 6.04 Å². The van der Waals surface area contributed by atoms with Gasteiger partial charge in [0.2, 0.25) is 0 Å². The highest BCUT2D eigenvalue weighted by atomic mass is 15.1. The van der Waals surface area contributed by atoms with E-state index in [-0.39, 0.29) is 0 Å². The number of hydrogen-bond acceptors (Lipinski definition) is 2. The summed E-state index contributed by atoms with van der Waals surface area (Å²) in [4.78, 5) is 2.46. The summed E-state index contributed by atoms with van der Waals surface area (Å²) in [6.07, 6.45) is 2.52. The van der Waals surface area contributed by atoms with Gasteiger partial charge in [0, 0.05) is 12.6 Å². The van der Waals surface area contributed by atoms with Gasteiger partial charge in [-0.15, -0.1) is 0 Å². The normalized spacial score (nSPS) is 16.2. The summed E-state index contributed by atoms with van der Waals surface area (Å²) in [7, 11) is 4.24. The predicted octanol–water partition coefficient (Wildman–Crippen LogP) is 1.96. The smallest absolute Gasteiger partial charge is 0.00760 e. The van der Waals surface area contributed by atoms with Crippen molar-refractivity contribution >= 4 is 0 Å². The Hall–Kier alpha value is -0.0800. The first-order chi connectivity index (χ1) is 6.11. The van der Waals surface area contributed by atoms with Crippen molar-refractivity contribution in [3.63, 3.8) is 0 Å². The molecule has 0 saturated carbocycles.